The van der Waals surface area contributed by atoms with Crippen LogP contribution in [0, 0.1) is 17.3 Å². The monoisotopic (exact) mass is 160 g/mol. The van der Waals surface area contributed by atoms with Crippen molar-refractivity contribution in [3.8, 4) is 0 Å². The lowest BCUT2D eigenvalue weighted by molar-refractivity contribution is 0.349. The van der Waals surface area contributed by atoms with E-state index in [-0.39, 0.29) is 5.41 Å². The van der Waals surface area contributed by atoms with Crippen molar-refractivity contribution in [3.05, 3.63) is 36.5 Å². The molecule has 2 rings (SSSR count). The zero-order valence-electron chi connectivity index (χ0n) is 7.98. The number of rotatable bonds is 0. The normalized spacial score (nSPS) is 46.0. The predicted molar refractivity (Wildman–Crippen MR) is 52.8 cm³/mol. The molecular weight excluding hydrogens is 144 g/mol. The summed E-state index contributed by atoms with van der Waals surface area (Å²) >= 11 is 0. The third kappa shape index (κ3) is 0.600. The molecule has 3 unspecified atom stereocenters. The van der Waals surface area contributed by atoms with E-state index < -0.39 is 0 Å². The van der Waals surface area contributed by atoms with E-state index in [1.54, 1.807) is 0 Å². The Bertz CT molecular complexity index is 295. The quantitative estimate of drug-likeness (QED) is 0.477. The van der Waals surface area contributed by atoms with Crippen molar-refractivity contribution < 1.29 is 0 Å². The number of hydrogen-bond acceptors (Lipinski definition) is 0. The van der Waals surface area contributed by atoms with Crippen molar-refractivity contribution in [2.45, 2.75) is 20.3 Å². The van der Waals surface area contributed by atoms with Gasteiger partial charge in [-0.1, -0.05) is 39.2 Å². The highest BCUT2D eigenvalue weighted by Crippen LogP contribution is 2.63. The summed E-state index contributed by atoms with van der Waals surface area (Å²) in [6, 6.07) is 0. The average molecular weight is 160 g/mol. The Morgan fingerprint density at radius 2 is 1.92 bits per heavy atom. The van der Waals surface area contributed by atoms with Gasteiger partial charge in [-0.3, -0.25) is 0 Å². The van der Waals surface area contributed by atoms with Gasteiger partial charge in [0.25, 0.3) is 0 Å². The van der Waals surface area contributed by atoms with E-state index >= 15 is 0 Å². The highest BCUT2D eigenvalue weighted by Gasteiger charge is 2.53. The van der Waals surface area contributed by atoms with Crippen LogP contribution in [-0.2, 0) is 0 Å². The fourth-order valence-corrected chi connectivity index (χ4v) is 2.75. The smallest absolute Gasteiger partial charge is 0.00539 e. The van der Waals surface area contributed by atoms with Crippen molar-refractivity contribution >= 4 is 0 Å². The first-order valence-electron chi connectivity index (χ1n) is 4.55. The van der Waals surface area contributed by atoms with Crippen LogP contribution < -0.4 is 0 Å². The van der Waals surface area contributed by atoms with Crippen molar-refractivity contribution in [2.24, 2.45) is 17.3 Å². The number of allylic oxidation sites excluding steroid dienone is 3. The molecule has 0 heterocycles. The van der Waals surface area contributed by atoms with E-state index in [2.05, 4.69) is 33.6 Å². The Morgan fingerprint density at radius 1 is 1.33 bits per heavy atom. The molecule has 0 aromatic carbocycles. The van der Waals surface area contributed by atoms with Crippen LogP contribution in [-0.4, -0.2) is 0 Å². The molecule has 0 aromatic rings. The first-order valence-corrected chi connectivity index (χ1v) is 4.55. The van der Waals surface area contributed by atoms with E-state index in [9.17, 15) is 0 Å². The van der Waals surface area contributed by atoms with Crippen LogP contribution in [0.5, 0.6) is 0 Å². The van der Waals surface area contributed by atoms with E-state index in [1.165, 1.54) is 23.1 Å². The molecule has 0 saturated heterocycles. The van der Waals surface area contributed by atoms with Gasteiger partial charge in [-0.05, 0) is 28.9 Å². The minimum absolute atomic E-state index is 0.277. The maximum absolute atomic E-state index is 4.15. The Morgan fingerprint density at radius 3 is 2.33 bits per heavy atom. The van der Waals surface area contributed by atoms with Crippen LogP contribution in [0.4, 0.5) is 0 Å². The molecule has 2 aliphatic rings. The van der Waals surface area contributed by atoms with Gasteiger partial charge >= 0.3 is 0 Å². The van der Waals surface area contributed by atoms with Gasteiger partial charge in [-0.25, -0.2) is 0 Å². The van der Waals surface area contributed by atoms with Crippen molar-refractivity contribution in [2.75, 3.05) is 0 Å². The maximum atomic E-state index is 4.15. The van der Waals surface area contributed by atoms with E-state index in [1.807, 2.05) is 0 Å². The average Bonchev–Trinajstić information content (AvgIpc) is 2.39. The second-order valence-corrected chi connectivity index (χ2v) is 4.47. The summed E-state index contributed by atoms with van der Waals surface area (Å²) < 4.78 is 0. The predicted octanol–water partition coefficient (Wildman–Crippen LogP) is 3.33. The third-order valence-corrected chi connectivity index (χ3v) is 4.09. The third-order valence-electron chi connectivity index (χ3n) is 4.09. The second-order valence-electron chi connectivity index (χ2n) is 4.47. The molecule has 0 amide bonds. The lowest BCUT2D eigenvalue weighted by Crippen LogP contribution is -2.23. The van der Waals surface area contributed by atoms with Gasteiger partial charge in [-0.2, -0.15) is 0 Å². The molecule has 2 bridgehead atoms. The lowest BCUT2D eigenvalue weighted by atomic mass is 9.71. The highest BCUT2D eigenvalue weighted by molar-refractivity contribution is 5.50. The molecule has 2 fully saturated rings. The summed E-state index contributed by atoms with van der Waals surface area (Å²) in [6.07, 6.45) is 1.20. The zero-order valence-corrected chi connectivity index (χ0v) is 7.98. The van der Waals surface area contributed by atoms with Crippen LogP contribution in [0.2, 0.25) is 0 Å². The van der Waals surface area contributed by atoms with E-state index in [0.717, 1.165) is 0 Å². The first kappa shape index (κ1) is 7.85. The summed E-state index contributed by atoms with van der Waals surface area (Å²) in [5.41, 5.74) is 4.15. The van der Waals surface area contributed by atoms with Crippen molar-refractivity contribution in [3.63, 3.8) is 0 Å². The fraction of sp³-hybridized carbons (Fsp3) is 0.500. The molecule has 2 aliphatic carbocycles. The van der Waals surface area contributed by atoms with Gasteiger partial charge in [0, 0.05) is 5.92 Å². The SMILES string of the molecule is C=C1C(=C)C2(C)CC1C(=C)C2C. The van der Waals surface area contributed by atoms with Crippen LogP contribution in [0.1, 0.15) is 20.3 Å². The molecule has 0 nitrogen and oxygen atoms in total. The van der Waals surface area contributed by atoms with Gasteiger partial charge in [0.1, 0.15) is 0 Å². The van der Waals surface area contributed by atoms with Gasteiger partial charge < -0.3 is 0 Å². The summed E-state index contributed by atoms with van der Waals surface area (Å²) in [5.74, 6) is 1.14. The van der Waals surface area contributed by atoms with Crippen LogP contribution >= 0.6 is 0 Å². The van der Waals surface area contributed by atoms with Crippen LogP contribution in [0.25, 0.3) is 0 Å². The van der Waals surface area contributed by atoms with Gasteiger partial charge in [0.15, 0.2) is 0 Å². The molecular formula is C12H16. The molecule has 0 aromatic heterocycles. The summed E-state index contributed by atoms with van der Waals surface area (Å²) in [5, 5.41) is 0. The van der Waals surface area contributed by atoms with Gasteiger partial charge in [-0.15, -0.1) is 0 Å². The van der Waals surface area contributed by atoms with Crippen LogP contribution in [0.15, 0.2) is 36.5 Å². The molecule has 0 N–H and O–H groups in total. The minimum Gasteiger partial charge on any atom is -0.0989 e. The first-order chi connectivity index (χ1) is 5.48. The Kier molecular flexibility index (Phi) is 1.26. The Hall–Kier alpha value is -0.780. The minimum atomic E-state index is 0.277. The topological polar surface area (TPSA) is 0 Å². The standard InChI is InChI=1S/C12H16/c1-7-9(3)12(5)6-11(7)8(2)10(12)4/h10-11H,1-3,6H2,4-5H3. The van der Waals surface area contributed by atoms with Gasteiger partial charge in [0.2, 0.25) is 0 Å². The molecule has 3 atom stereocenters. The fourth-order valence-electron chi connectivity index (χ4n) is 2.75. The summed E-state index contributed by atoms with van der Waals surface area (Å²) in [4.78, 5) is 0. The second kappa shape index (κ2) is 1.93. The largest absolute Gasteiger partial charge is 0.0989 e. The Labute approximate surface area is 74.7 Å². The molecule has 0 heteroatoms. The van der Waals surface area contributed by atoms with Crippen molar-refractivity contribution in [1.29, 1.82) is 0 Å². The van der Waals surface area contributed by atoms with Crippen LogP contribution in [0.3, 0.4) is 0 Å². The van der Waals surface area contributed by atoms with Gasteiger partial charge in [0.05, 0.1) is 0 Å². The number of hydrogen-bond donors (Lipinski definition) is 0. The molecule has 0 spiro atoms. The lowest BCUT2D eigenvalue weighted by Gasteiger charge is -2.32. The van der Waals surface area contributed by atoms with Crippen molar-refractivity contribution in [1.82, 2.24) is 0 Å². The maximum Gasteiger partial charge on any atom is 0.00539 e. The summed E-state index contributed by atoms with van der Waals surface area (Å²) in [6.45, 7) is 16.9. The molecule has 64 valence electrons. The summed E-state index contributed by atoms with van der Waals surface area (Å²) in [7, 11) is 0. The molecule has 12 heavy (non-hydrogen) atoms. The molecule has 0 aliphatic heterocycles. The Balaban J connectivity index is 2.53. The molecule has 0 radical (unpaired) electrons. The van der Waals surface area contributed by atoms with E-state index in [0.29, 0.717) is 11.8 Å². The number of fused-ring (bicyclic) bond motifs is 2. The van der Waals surface area contributed by atoms with E-state index in [4.69, 9.17) is 0 Å². The highest BCUT2D eigenvalue weighted by atomic mass is 14.6. The zero-order chi connectivity index (χ0) is 9.09. The molecule has 2 saturated carbocycles.